The van der Waals surface area contributed by atoms with Crippen LogP contribution in [-0.2, 0) is 4.79 Å². The van der Waals surface area contributed by atoms with E-state index in [1.165, 1.54) is 0 Å². The van der Waals surface area contributed by atoms with Gasteiger partial charge in [-0.2, -0.15) is 0 Å². The smallest absolute Gasteiger partial charge is 0.225 e. The summed E-state index contributed by atoms with van der Waals surface area (Å²) in [6.45, 7) is 0. The number of benzene rings is 3. The predicted octanol–water partition coefficient (Wildman–Crippen LogP) is 4.02. The molecule has 1 unspecified atom stereocenters. The van der Waals surface area contributed by atoms with Crippen molar-refractivity contribution in [3.8, 4) is 5.75 Å². The first-order valence-corrected chi connectivity index (χ1v) is 7.33. The maximum absolute atomic E-state index is 12.1. The number of anilines is 1. The summed E-state index contributed by atoms with van der Waals surface area (Å²) in [4.78, 5) is 12.1. The highest BCUT2D eigenvalue weighted by Gasteiger charge is 2.28. The molecular weight excluding hydrogens is 274 g/mol. The summed E-state index contributed by atoms with van der Waals surface area (Å²) in [5.74, 6) is 0.198. The van der Waals surface area contributed by atoms with E-state index in [0.29, 0.717) is 6.42 Å². The van der Waals surface area contributed by atoms with Gasteiger partial charge in [0.05, 0.1) is 0 Å². The normalized spacial score (nSPS) is 17.1. The minimum atomic E-state index is -0.0399. The molecule has 0 aromatic heterocycles. The minimum Gasteiger partial charge on any atom is -0.508 e. The van der Waals surface area contributed by atoms with Gasteiger partial charge in [0.2, 0.25) is 5.91 Å². The van der Waals surface area contributed by atoms with E-state index in [1.807, 2.05) is 36.4 Å². The number of hydrogen-bond acceptors (Lipinski definition) is 2. The molecule has 0 saturated carbocycles. The number of phenols is 1. The average Bonchev–Trinajstić information content (AvgIpc) is 2.53. The summed E-state index contributed by atoms with van der Waals surface area (Å²) in [6, 6.07) is 19.4. The molecule has 0 aliphatic carbocycles. The number of rotatable bonds is 1. The van der Waals surface area contributed by atoms with Gasteiger partial charge in [-0.25, -0.2) is 0 Å². The van der Waals surface area contributed by atoms with E-state index in [2.05, 4.69) is 17.4 Å². The zero-order chi connectivity index (χ0) is 15.1. The number of carbonyl (C=O) groups is 1. The summed E-state index contributed by atoms with van der Waals surface area (Å²) in [5.41, 5.74) is 2.96. The Labute approximate surface area is 128 Å². The fraction of sp³-hybridized carbons (Fsp3) is 0.105. The van der Waals surface area contributed by atoms with Crippen molar-refractivity contribution in [2.24, 2.45) is 0 Å². The molecule has 0 spiro atoms. The Bertz CT molecular complexity index is 885. The van der Waals surface area contributed by atoms with Crippen LogP contribution in [0, 0.1) is 0 Å². The molecule has 2 N–H and O–H groups in total. The van der Waals surface area contributed by atoms with Crippen molar-refractivity contribution in [3.63, 3.8) is 0 Å². The Morgan fingerprint density at radius 3 is 2.73 bits per heavy atom. The number of aromatic hydroxyl groups is 1. The van der Waals surface area contributed by atoms with Crippen LogP contribution in [0.15, 0.2) is 60.7 Å². The number of amides is 1. The largest absolute Gasteiger partial charge is 0.508 e. The highest BCUT2D eigenvalue weighted by atomic mass is 16.3. The van der Waals surface area contributed by atoms with E-state index in [1.54, 1.807) is 12.1 Å². The number of hydrogen-bond donors (Lipinski definition) is 2. The Morgan fingerprint density at radius 1 is 1.00 bits per heavy atom. The average molecular weight is 289 g/mol. The van der Waals surface area contributed by atoms with Crippen LogP contribution < -0.4 is 5.32 Å². The molecule has 3 nitrogen and oxygen atoms in total. The van der Waals surface area contributed by atoms with Crippen LogP contribution in [0.1, 0.15) is 23.5 Å². The molecule has 1 aliphatic rings. The standard InChI is InChI=1S/C19H15NO2/c21-14-6-3-5-13(10-14)16-11-18(22)20-17-9-8-12-4-1-2-7-15(12)19(16)17/h1-10,16,21H,11H2,(H,20,22). The van der Waals surface area contributed by atoms with E-state index in [9.17, 15) is 9.90 Å². The van der Waals surface area contributed by atoms with Gasteiger partial charge in [-0.1, -0.05) is 42.5 Å². The molecule has 3 heteroatoms. The Balaban J connectivity index is 1.99. The van der Waals surface area contributed by atoms with E-state index in [4.69, 9.17) is 0 Å². The lowest BCUT2D eigenvalue weighted by Crippen LogP contribution is -2.23. The van der Waals surface area contributed by atoms with Crippen molar-refractivity contribution in [2.45, 2.75) is 12.3 Å². The Hall–Kier alpha value is -2.81. The van der Waals surface area contributed by atoms with Crippen LogP contribution in [-0.4, -0.2) is 11.0 Å². The van der Waals surface area contributed by atoms with Crippen molar-refractivity contribution < 1.29 is 9.90 Å². The SMILES string of the molecule is O=C1CC(c2cccc(O)c2)c2c(ccc3ccccc23)N1. The second-order valence-corrected chi connectivity index (χ2v) is 5.65. The first-order chi connectivity index (χ1) is 10.7. The van der Waals surface area contributed by atoms with Crippen molar-refractivity contribution in [3.05, 3.63) is 71.8 Å². The lowest BCUT2D eigenvalue weighted by molar-refractivity contribution is -0.116. The molecule has 108 valence electrons. The van der Waals surface area contributed by atoms with Crippen LogP contribution in [0.4, 0.5) is 5.69 Å². The maximum atomic E-state index is 12.1. The molecule has 3 aromatic rings. The van der Waals surface area contributed by atoms with Crippen molar-refractivity contribution in [2.75, 3.05) is 5.32 Å². The van der Waals surface area contributed by atoms with Crippen LogP contribution in [0.2, 0.25) is 0 Å². The summed E-state index contributed by atoms with van der Waals surface area (Å²) in [7, 11) is 0. The quantitative estimate of drug-likeness (QED) is 0.711. The number of phenolic OH excluding ortho intramolecular Hbond substituents is 1. The molecule has 1 amide bonds. The fourth-order valence-electron chi connectivity index (χ4n) is 3.29. The molecular formula is C19H15NO2. The molecule has 1 atom stereocenters. The zero-order valence-electron chi connectivity index (χ0n) is 11.9. The van der Waals surface area contributed by atoms with Gasteiger partial charge in [-0.05, 0) is 40.1 Å². The highest BCUT2D eigenvalue weighted by Crippen LogP contribution is 2.41. The lowest BCUT2D eigenvalue weighted by atomic mass is 9.82. The van der Waals surface area contributed by atoms with Crippen molar-refractivity contribution in [1.29, 1.82) is 0 Å². The molecule has 0 fully saturated rings. The molecule has 3 aromatic carbocycles. The third-order valence-corrected chi connectivity index (χ3v) is 4.26. The second-order valence-electron chi connectivity index (χ2n) is 5.65. The highest BCUT2D eigenvalue weighted by molar-refractivity contribution is 6.01. The molecule has 0 bridgehead atoms. The van der Waals surface area contributed by atoms with Crippen molar-refractivity contribution >= 4 is 22.4 Å². The van der Waals surface area contributed by atoms with E-state index in [-0.39, 0.29) is 17.6 Å². The molecule has 0 saturated heterocycles. The molecule has 0 radical (unpaired) electrons. The summed E-state index contributed by atoms with van der Waals surface area (Å²) < 4.78 is 0. The summed E-state index contributed by atoms with van der Waals surface area (Å²) in [6.07, 6.45) is 0.393. The number of fused-ring (bicyclic) bond motifs is 3. The number of nitrogens with one attached hydrogen (secondary N) is 1. The molecule has 4 rings (SSSR count). The zero-order valence-corrected chi connectivity index (χ0v) is 11.9. The van der Waals surface area contributed by atoms with Gasteiger partial charge >= 0.3 is 0 Å². The number of carbonyl (C=O) groups excluding carboxylic acids is 1. The van der Waals surface area contributed by atoms with Gasteiger partial charge in [0.15, 0.2) is 0 Å². The second kappa shape index (κ2) is 4.88. The fourth-order valence-corrected chi connectivity index (χ4v) is 3.29. The predicted molar refractivity (Wildman–Crippen MR) is 87.1 cm³/mol. The van der Waals surface area contributed by atoms with Crippen LogP contribution in [0.3, 0.4) is 0 Å². The topological polar surface area (TPSA) is 49.3 Å². The summed E-state index contributed by atoms with van der Waals surface area (Å²) >= 11 is 0. The van der Waals surface area contributed by atoms with Gasteiger partial charge in [0.1, 0.15) is 5.75 Å². The van der Waals surface area contributed by atoms with Gasteiger partial charge < -0.3 is 10.4 Å². The third kappa shape index (κ3) is 2.02. The monoisotopic (exact) mass is 289 g/mol. The van der Waals surface area contributed by atoms with Crippen LogP contribution in [0.25, 0.3) is 10.8 Å². The lowest BCUT2D eigenvalue weighted by Gasteiger charge is -2.27. The molecule has 22 heavy (non-hydrogen) atoms. The first kappa shape index (κ1) is 12.9. The van der Waals surface area contributed by atoms with Crippen LogP contribution >= 0.6 is 0 Å². The minimum absolute atomic E-state index is 0.0103. The van der Waals surface area contributed by atoms with Gasteiger partial charge in [-0.15, -0.1) is 0 Å². The van der Waals surface area contributed by atoms with Crippen LogP contribution in [0.5, 0.6) is 5.75 Å². The van der Waals surface area contributed by atoms with Gasteiger partial charge in [-0.3, -0.25) is 4.79 Å². The Morgan fingerprint density at radius 2 is 1.86 bits per heavy atom. The maximum Gasteiger partial charge on any atom is 0.225 e. The van der Waals surface area contributed by atoms with Gasteiger partial charge in [0.25, 0.3) is 0 Å². The Kier molecular flexibility index (Phi) is 2.86. The molecule has 1 aliphatic heterocycles. The first-order valence-electron chi connectivity index (χ1n) is 7.33. The van der Waals surface area contributed by atoms with E-state index >= 15 is 0 Å². The van der Waals surface area contributed by atoms with Crippen molar-refractivity contribution in [1.82, 2.24) is 0 Å². The third-order valence-electron chi connectivity index (χ3n) is 4.26. The molecule has 1 heterocycles. The van der Waals surface area contributed by atoms with Gasteiger partial charge in [0, 0.05) is 18.0 Å². The summed E-state index contributed by atoms with van der Waals surface area (Å²) in [5, 5.41) is 15.0. The van der Waals surface area contributed by atoms with E-state index in [0.717, 1.165) is 27.6 Å². The van der Waals surface area contributed by atoms with E-state index < -0.39 is 0 Å².